The molecule has 3 atom stereocenters. The Morgan fingerprint density at radius 3 is 2.39 bits per heavy atom. The predicted molar refractivity (Wildman–Crippen MR) is 63.8 cm³/mol. The molecule has 3 unspecified atom stereocenters. The summed E-state index contributed by atoms with van der Waals surface area (Å²) in [4.78, 5) is 0. The van der Waals surface area contributed by atoms with Crippen LogP contribution in [0.3, 0.4) is 0 Å². The predicted octanol–water partition coefficient (Wildman–Crippen LogP) is 2.12. The van der Waals surface area contributed by atoms with Gasteiger partial charge in [-0.25, -0.2) is 8.42 Å². The maximum Gasteiger partial charge on any atom is 0.393 e. The maximum atomic E-state index is 12.6. The molecule has 18 heavy (non-hydrogen) atoms. The SMILES string of the molecule is CC1CCCC(S(=O)(=O)CC(CN)C(F)(F)F)C1. The Kier molecular flexibility index (Phi) is 5.05. The van der Waals surface area contributed by atoms with Gasteiger partial charge in [0.15, 0.2) is 9.84 Å². The van der Waals surface area contributed by atoms with Gasteiger partial charge in [-0.3, -0.25) is 0 Å². The van der Waals surface area contributed by atoms with Crippen LogP contribution >= 0.6 is 0 Å². The summed E-state index contributed by atoms with van der Waals surface area (Å²) in [6.07, 6.45) is -1.88. The molecule has 0 aromatic rings. The van der Waals surface area contributed by atoms with E-state index < -0.39 is 39.5 Å². The minimum atomic E-state index is -4.54. The average molecular weight is 287 g/mol. The van der Waals surface area contributed by atoms with Crippen LogP contribution in [-0.4, -0.2) is 32.1 Å². The Morgan fingerprint density at radius 2 is 1.94 bits per heavy atom. The molecule has 0 aromatic heterocycles. The topological polar surface area (TPSA) is 60.2 Å². The molecule has 0 spiro atoms. The van der Waals surface area contributed by atoms with Crippen molar-refractivity contribution in [2.24, 2.45) is 17.6 Å². The lowest BCUT2D eigenvalue weighted by molar-refractivity contribution is -0.165. The van der Waals surface area contributed by atoms with Crippen molar-refractivity contribution in [3.63, 3.8) is 0 Å². The highest BCUT2D eigenvalue weighted by atomic mass is 32.2. The Morgan fingerprint density at radius 1 is 1.33 bits per heavy atom. The maximum absolute atomic E-state index is 12.6. The summed E-state index contributed by atoms with van der Waals surface area (Å²) in [5.74, 6) is -2.55. The van der Waals surface area contributed by atoms with Crippen molar-refractivity contribution in [3.8, 4) is 0 Å². The molecule has 108 valence electrons. The van der Waals surface area contributed by atoms with E-state index in [1.54, 1.807) is 0 Å². The number of sulfone groups is 1. The number of hydrogen-bond acceptors (Lipinski definition) is 3. The van der Waals surface area contributed by atoms with Gasteiger partial charge in [0.25, 0.3) is 0 Å². The van der Waals surface area contributed by atoms with Crippen LogP contribution in [0, 0.1) is 11.8 Å². The average Bonchev–Trinajstić information content (AvgIpc) is 2.24. The van der Waals surface area contributed by atoms with E-state index in [4.69, 9.17) is 5.73 Å². The molecule has 1 saturated carbocycles. The summed E-state index contributed by atoms with van der Waals surface area (Å²) in [7, 11) is -3.71. The van der Waals surface area contributed by atoms with Crippen molar-refractivity contribution in [2.45, 2.75) is 44.0 Å². The molecule has 2 N–H and O–H groups in total. The van der Waals surface area contributed by atoms with Crippen LogP contribution in [0.1, 0.15) is 32.6 Å². The van der Waals surface area contributed by atoms with Gasteiger partial charge in [0, 0.05) is 6.54 Å². The lowest BCUT2D eigenvalue weighted by Crippen LogP contribution is -2.40. The summed E-state index contributed by atoms with van der Waals surface area (Å²) in [5, 5.41) is -0.627. The summed E-state index contributed by atoms with van der Waals surface area (Å²) in [6.45, 7) is 1.26. The number of halogens is 3. The fraction of sp³-hybridized carbons (Fsp3) is 1.00. The molecular formula is C11H20F3NO2S. The lowest BCUT2D eigenvalue weighted by atomic mass is 9.91. The van der Waals surface area contributed by atoms with Gasteiger partial charge in [0.1, 0.15) is 0 Å². The van der Waals surface area contributed by atoms with E-state index in [0.717, 1.165) is 12.8 Å². The largest absolute Gasteiger partial charge is 0.393 e. The first-order valence-corrected chi connectivity index (χ1v) is 7.86. The molecule has 7 heteroatoms. The van der Waals surface area contributed by atoms with Gasteiger partial charge >= 0.3 is 6.18 Å². The molecule has 0 aliphatic heterocycles. The van der Waals surface area contributed by atoms with Crippen molar-refractivity contribution in [2.75, 3.05) is 12.3 Å². The lowest BCUT2D eigenvalue weighted by Gasteiger charge is -2.28. The van der Waals surface area contributed by atoms with Gasteiger partial charge in [0.2, 0.25) is 0 Å². The van der Waals surface area contributed by atoms with Gasteiger partial charge in [-0.05, 0) is 18.8 Å². The van der Waals surface area contributed by atoms with E-state index in [0.29, 0.717) is 12.8 Å². The smallest absolute Gasteiger partial charge is 0.330 e. The monoisotopic (exact) mass is 287 g/mol. The van der Waals surface area contributed by atoms with Crippen LogP contribution in [0.2, 0.25) is 0 Å². The van der Waals surface area contributed by atoms with Crippen LogP contribution in [0.15, 0.2) is 0 Å². The zero-order valence-electron chi connectivity index (χ0n) is 10.4. The zero-order valence-corrected chi connectivity index (χ0v) is 11.2. The minimum absolute atomic E-state index is 0.265. The van der Waals surface area contributed by atoms with E-state index in [9.17, 15) is 21.6 Å². The Labute approximate surface area is 106 Å². The number of hydrogen-bond donors (Lipinski definition) is 1. The first kappa shape index (κ1) is 15.8. The van der Waals surface area contributed by atoms with Gasteiger partial charge in [-0.15, -0.1) is 0 Å². The third-order valence-electron chi connectivity index (χ3n) is 3.58. The second kappa shape index (κ2) is 5.77. The Balaban J connectivity index is 2.74. The molecule has 0 aromatic carbocycles. The second-order valence-corrected chi connectivity index (χ2v) is 7.52. The normalized spacial score (nSPS) is 28.1. The highest BCUT2D eigenvalue weighted by Gasteiger charge is 2.43. The summed E-state index contributed by atoms with van der Waals surface area (Å²) < 4.78 is 61.6. The van der Waals surface area contributed by atoms with Crippen molar-refractivity contribution in [1.82, 2.24) is 0 Å². The highest BCUT2D eigenvalue weighted by molar-refractivity contribution is 7.92. The van der Waals surface area contributed by atoms with Crippen molar-refractivity contribution in [3.05, 3.63) is 0 Å². The third-order valence-corrected chi connectivity index (χ3v) is 5.89. The molecule has 0 heterocycles. The van der Waals surface area contributed by atoms with Crippen molar-refractivity contribution < 1.29 is 21.6 Å². The fourth-order valence-corrected chi connectivity index (χ4v) is 4.72. The fourth-order valence-electron chi connectivity index (χ4n) is 2.42. The molecule has 0 amide bonds. The Hall–Kier alpha value is -0.300. The molecule has 1 rings (SSSR count). The molecule has 0 saturated heterocycles. The first-order chi connectivity index (χ1) is 8.16. The van der Waals surface area contributed by atoms with Crippen molar-refractivity contribution >= 4 is 9.84 Å². The summed E-state index contributed by atoms with van der Waals surface area (Å²) in [6, 6.07) is 0. The minimum Gasteiger partial charge on any atom is -0.330 e. The van der Waals surface area contributed by atoms with E-state index in [1.165, 1.54) is 0 Å². The molecular weight excluding hydrogens is 267 g/mol. The zero-order chi connectivity index (χ0) is 14.0. The number of rotatable bonds is 4. The quantitative estimate of drug-likeness (QED) is 0.861. The summed E-state index contributed by atoms with van der Waals surface area (Å²) in [5.41, 5.74) is 5.04. The molecule has 0 radical (unpaired) electrons. The van der Waals surface area contributed by atoms with Gasteiger partial charge in [-0.1, -0.05) is 19.8 Å². The van der Waals surface area contributed by atoms with E-state index in [2.05, 4.69) is 0 Å². The van der Waals surface area contributed by atoms with Crippen LogP contribution in [-0.2, 0) is 9.84 Å². The van der Waals surface area contributed by atoms with Crippen LogP contribution in [0.25, 0.3) is 0 Å². The molecule has 1 fully saturated rings. The van der Waals surface area contributed by atoms with E-state index >= 15 is 0 Å². The van der Waals surface area contributed by atoms with Crippen LogP contribution < -0.4 is 5.73 Å². The van der Waals surface area contributed by atoms with E-state index in [-0.39, 0.29) is 5.92 Å². The highest BCUT2D eigenvalue weighted by Crippen LogP contribution is 2.32. The van der Waals surface area contributed by atoms with Gasteiger partial charge in [0.05, 0.1) is 16.9 Å². The first-order valence-electron chi connectivity index (χ1n) is 6.15. The molecule has 1 aliphatic carbocycles. The second-order valence-electron chi connectivity index (χ2n) is 5.20. The molecule has 1 aliphatic rings. The third kappa shape index (κ3) is 4.12. The van der Waals surface area contributed by atoms with Crippen LogP contribution in [0.5, 0.6) is 0 Å². The van der Waals surface area contributed by atoms with E-state index in [1.807, 2.05) is 6.92 Å². The van der Waals surface area contributed by atoms with Crippen LogP contribution in [0.4, 0.5) is 13.2 Å². The van der Waals surface area contributed by atoms with Gasteiger partial charge < -0.3 is 5.73 Å². The standard InChI is InChI=1S/C11H20F3NO2S/c1-8-3-2-4-10(5-8)18(16,17)7-9(6-15)11(12,13)14/h8-10H,2-7,15H2,1H3. The van der Waals surface area contributed by atoms with Gasteiger partial charge in [-0.2, -0.15) is 13.2 Å². The van der Waals surface area contributed by atoms with Crippen molar-refractivity contribution in [1.29, 1.82) is 0 Å². The molecule has 0 bridgehead atoms. The number of nitrogens with two attached hydrogens (primary N) is 1. The summed E-state index contributed by atoms with van der Waals surface area (Å²) >= 11 is 0. The number of alkyl halides is 3. The molecule has 3 nitrogen and oxygen atoms in total. The Bertz CT molecular complexity index is 367.